The predicted molar refractivity (Wildman–Crippen MR) is 302 cm³/mol. The number of ether oxygens (including phenoxy) is 3. The van der Waals surface area contributed by atoms with Crippen molar-refractivity contribution >= 4 is 17.9 Å². The van der Waals surface area contributed by atoms with Crippen LogP contribution in [0.5, 0.6) is 0 Å². The Kier molecular flexibility index (Phi) is 54.9. The van der Waals surface area contributed by atoms with Crippen molar-refractivity contribution in [2.75, 3.05) is 13.2 Å². The molecule has 0 aromatic rings. The average Bonchev–Trinajstić information content (AvgIpc) is 3.36. The molecule has 0 aliphatic rings. The fourth-order valence-electron chi connectivity index (χ4n) is 7.99. The molecule has 400 valence electrons. The SMILES string of the molecule is CC/C=C\C/C=C\C/C=C\C/C=C\C/C=C\C/C=C\C/C=C\C/C=C\CCCCCCCCCCC(=O)OCC(COC(=O)CCCCCCCCCCC)OC(=O)CCCCCCCCCCCC. The largest absolute Gasteiger partial charge is 0.462 e. The molecule has 0 aliphatic heterocycles. The van der Waals surface area contributed by atoms with Crippen LogP contribution in [0.1, 0.15) is 271 Å². The summed E-state index contributed by atoms with van der Waals surface area (Å²) in [4.78, 5) is 37.9. The van der Waals surface area contributed by atoms with Crippen molar-refractivity contribution in [3.05, 3.63) is 97.2 Å². The van der Waals surface area contributed by atoms with E-state index in [1.807, 2.05) is 0 Å². The monoisotopic (exact) mass is 973 g/mol. The first-order chi connectivity index (χ1) is 34.5. The summed E-state index contributed by atoms with van der Waals surface area (Å²) in [5.41, 5.74) is 0. The molecule has 0 radical (unpaired) electrons. The molecule has 0 aromatic heterocycles. The highest BCUT2D eigenvalue weighted by atomic mass is 16.6. The summed E-state index contributed by atoms with van der Waals surface area (Å²) >= 11 is 0. The molecule has 6 heteroatoms. The Labute approximate surface area is 432 Å². The molecule has 0 amide bonds. The van der Waals surface area contributed by atoms with Crippen molar-refractivity contribution in [2.45, 2.75) is 277 Å². The lowest BCUT2D eigenvalue weighted by atomic mass is 10.1. The van der Waals surface area contributed by atoms with E-state index in [1.165, 1.54) is 116 Å². The third kappa shape index (κ3) is 55.3. The number of esters is 3. The number of allylic oxidation sites excluding steroid dienone is 16. The van der Waals surface area contributed by atoms with E-state index >= 15 is 0 Å². The zero-order valence-electron chi connectivity index (χ0n) is 45.8. The Bertz CT molecular complexity index is 1400. The highest BCUT2D eigenvalue weighted by molar-refractivity contribution is 5.71. The van der Waals surface area contributed by atoms with Gasteiger partial charge in [-0.15, -0.1) is 0 Å². The van der Waals surface area contributed by atoms with Gasteiger partial charge in [0, 0.05) is 19.3 Å². The van der Waals surface area contributed by atoms with Crippen LogP contribution in [0.15, 0.2) is 97.2 Å². The standard InChI is InChI=1S/C64H108O6/c1-4-7-10-13-16-19-21-22-23-24-25-26-27-28-29-30-31-32-33-34-35-36-37-38-39-40-41-42-43-46-48-51-54-57-63(66)69-60-61(59-68-62(65)56-53-50-47-44-18-15-12-9-6-3)70-64(67)58-55-52-49-45-20-17-14-11-8-5-2/h7,10,16,19,22-23,25-26,28-29,31-32,34-35,37-38,61H,4-6,8-9,11-15,17-18,20-21,24,27,30,33,36,39-60H2,1-3H3/b10-7-,19-16-,23-22-,26-25-,29-28-,32-31-,35-34-,38-37-. The Hall–Kier alpha value is -3.67. The molecule has 1 unspecified atom stereocenters. The van der Waals surface area contributed by atoms with Crippen molar-refractivity contribution in [3.63, 3.8) is 0 Å². The van der Waals surface area contributed by atoms with Gasteiger partial charge in [0.25, 0.3) is 0 Å². The van der Waals surface area contributed by atoms with Crippen LogP contribution in [0.2, 0.25) is 0 Å². The van der Waals surface area contributed by atoms with Crippen molar-refractivity contribution in [1.29, 1.82) is 0 Å². The Morgan fingerprint density at radius 3 is 0.871 bits per heavy atom. The van der Waals surface area contributed by atoms with Gasteiger partial charge in [0.05, 0.1) is 0 Å². The number of unbranched alkanes of at least 4 members (excludes halogenated alkanes) is 25. The maximum atomic E-state index is 12.7. The molecule has 0 fully saturated rings. The van der Waals surface area contributed by atoms with Gasteiger partial charge in [-0.25, -0.2) is 0 Å². The molecule has 0 N–H and O–H groups in total. The molecule has 0 bridgehead atoms. The summed E-state index contributed by atoms with van der Waals surface area (Å²) in [6.45, 7) is 6.49. The summed E-state index contributed by atoms with van der Waals surface area (Å²) in [6, 6.07) is 0. The second kappa shape index (κ2) is 57.9. The van der Waals surface area contributed by atoms with Crippen molar-refractivity contribution < 1.29 is 28.6 Å². The summed E-state index contributed by atoms with van der Waals surface area (Å²) in [5, 5.41) is 0. The average molecular weight is 974 g/mol. The minimum absolute atomic E-state index is 0.0761. The third-order valence-corrected chi connectivity index (χ3v) is 12.4. The van der Waals surface area contributed by atoms with Crippen LogP contribution >= 0.6 is 0 Å². The van der Waals surface area contributed by atoms with E-state index in [9.17, 15) is 14.4 Å². The number of hydrogen-bond acceptors (Lipinski definition) is 6. The molecule has 0 rings (SSSR count). The first kappa shape index (κ1) is 66.3. The molecule has 0 spiro atoms. The quantitative estimate of drug-likeness (QED) is 0.0262. The summed E-state index contributed by atoms with van der Waals surface area (Å²) in [5.74, 6) is -0.886. The van der Waals surface area contributed by atoms with Crippen LogP contribution < -0.4 is 0 Å². The van der Waals surface area contributed by atoms with Gasteiger partial charge in [0.15, 0.2) is 6.10 Å². The van der Waals surface area contributed by atoms with Gasteiger partial charge in [-0.3, -0.25) is 14.4 Å². The van der Waals surface area contributed by atoms with E-state index in [4.69, 9.17) is 14.2 Å². The van der Waals surface area contributed by atoms with Gasteiger partial charge in [-0.1, -0.05) is 266 Å². The summed E-state index contributed by atoms with van der Waals surface area (Å²) in [6.07, 6.45) is 77.1. The summed E-state index contributed by atoms with van der Waals surface area (Å²) < 4.78 is 16.8. The molecule has 0 heterocycles. The number of carbonyl (C=O) groups excluding carboxylic acids is 3. The van der Waals surface area contributed by atoms with Crippen LogP contribution in [0.25, 0.3) is 0 Å². The van der Waals surface area contributed by atoms with Crippen LogP contribution in [0.4, 0.5) is 0 Å². The molecule has 1 atom stereocenters. The van der Waals surface area contributed by atoms with E-state index in [1.54, 1.807) is 0 Å². The lowest BCUT2D eigenvalue weighted by Gasteiger charge is -2.18. The van der Waals surface area contributed by atoms with Crippen LogP contribution in [0.3, 0.4) is 0 Å². The molecule has 0 aromatic carbocycles. The Morgan fingerprint density at radius 2 is 0.557 bits per heavy atom. The second-order valence-electron chi connectivity index (χ2n) is 19.2. The zero-order chi connectivity index (χ0) is 50.7. The van der Waals surface area contributed by atoms with E-state index < -0.39 is 6.10 Å². The topological polar surface area (TPSA) is 78.9 Å². The molecule has 0 saturated heterocycles. The third-order valence-electron chi connectivity index (χ3n) is 12.4. The molecule has 70 heavy (non-hydrogen) atoms. The minimum atomic E-state index is -0.774. The molecular weight excluding hydrogens is 865 g/mol. The van der Waals surface area contributed by atoms with Gasteiger partial charge in [0.2, 0.25) is 0 Å². The van der Waals surface area contributed by atoms with Crippen molar-refractivity contribution in [3.8, 4) is 0 Å². The van der Waals surface area contributed by atoms with Crippen LogP contribution in [-0.4, -0.2) is 37.2 Å². The number of carbonyl (C=O) groups is 3. The Balaban J connectivity index is 4.11. The number of hydrogen-bond donors (Lipinski definition) is 0. The van der Waals surface area contributed by atoms with Crippen LogP contribution in [0, 0.1) is 0 Å². The minimum Gasteiger partial charge on any atom is -0.462 e. The zero-order valence-corrected chi connectivity index (χ0v) is 45.8. The van der Waals surface area contributed by atoms with Gasteiger partial charge in [-0.2, -0.15) is 0 Å². The maximum Gasteiger partial charge on any atom is 0.306 e. The highest BCUT2D eigenvalue weighted by Gasteiger charge is 2.19. The smallest absolute Gasteiger partial charge is 0.306 e. The van der Waals surface area contributed by atoms with E-state index in [-0.39, 0.29) is 31.1 Å². The fraction of sp³-hybridized carbons (Fsp3) is 0.703. The van der Waals surface area contributed by atoms with E-state index in [0.29, 0.717) is 19.3 Å². The first-order valence-corrected chi connectivity index (χ1v) is 29.2. The lowest BCUT2D eigenvalue weighted by Crippen LogP contribution is -2.30. The van der Waals surface area contributed by atoms with Crippen LogP contribution in [-0.2, 0) is 28.6 Å². The van der Waals surface area contributed by atoms with Crippen molar-refractivity contribution in [2.24, 2.45) is 0 Å². The first-order valence-electron chi connectivity index (χ1n) is 29.2. The molecule has 0 saturated carbocycles. The number of rotatable bonds is 52. The molecular formula is C64H108O6. The van der Waals surface area contributed by atoms with Gasteiger partial charge in [0.1, 0.15) is 13.2 Å². The van der Waals surface area contributed by atoms with E-state index in [2.05, 4.69) is 118 Å². The van der Waals surface area contributed by atoms with Gasteiger partial charge in [-0.05, 0) is 83.5 Å². The predicted octanol–water partition coefficient (Wildman–Crippen LogP) is 19.7. The van der Waals surface area contributed by atoms with Gasteiger partial charge >= 0.3 is 17.9 Å². The normalized spacial score (nSPS) is 12.8. The summed E-state index contributed by atoms with van der Waals surface area (Å²) in [7, 11) is 0. The van der Waals surface area contributed by atoms with Crippen molar-refractivity contribution in [1.82, 2.24) is 0 Å². The Morgan fingerprint density at radius 1 is 0.300 bits per heavy atom. The van der Waals surface area contributed by atoms with E-state index in [0.717, 1.165) is 116 Å². The lowest BCUT2D eigenvalue weighted by molar-refractivity contribution is -0.167. The second-order valence-corrected chi connectivity index (χ2v) is 19.2. The maximum absolute atomic E-state index is 12.7. The highest BCUT2D eigenvalue weighted by Crippen LogP contribution is 2.15. The van der Waals surface area contributed by atoms with Gasteiger partial charge < -0.3 is 14.2 Å². The molecule has 6 nitrogen and oxygen atoms in total. The molecule has 0 aliphatic carbocycles. The fourth-order valence-corrected chi connectivity index (χ4v) is 7.99.